The first kappa shape index (κ1) is 9.06. The van der Waals surface area contributed by atoms with Crippen molar-refractivity contribution in [1.29, 1.82) is 0 Å². The molecule has 0 N–H and O–H groups in total. The molecule has 1 aromatic heterocycles. The van der Waals surface area contributed by atoms with Crippen molar-refractivity contribution in [3.05, 3.63) is 29.6 Å². The van der Waals surface area contributed by atoms with Crippen molar-refractivity contribution in [2.75, 3.05) is 6.54 Å². The minimum Gasteiger partial charge on any atom is -0.292 e. The van der Waals surface area contributed by atoms with Crippen molar-refractivity contribution in [3.8, 4) is 0 Å². The van der Waals surface area contributed by atoms with Gasteiger partial charge in [0.25, 0.3) is 0 Å². The van der Waals surface area contributed by atoms with Gasteiger partial charge in [-0.3, -0.25) is 4.99 Å². The van der Waals surface area contributed by atoms with E-state index in [0.29, 0.717) is 5.92 Å². The van der Waals surface area contributed by atoms with Crippen LogP contribution in [0.2, 0.25) is 0 Å². The Balaban J connectivity index is 2.31. The summed E-state index contributed by atoms with van der Waals surface area (Å²) in [4.78, 5) is 4.28. The standard InChI is InChI=1S/C11H13N3/c1-8-5-10(7-12-6-8)11-4-3-9(2)13-14-11/h3-5,7-8H,6H2,1-2H3. The van der Waals surface area contributed by atoms with Crippen LogP contribution >= 0.6 is 0 Å². The molecule has 1 aliphatic heterocycles. The Hall–Kier alpha value is -1.51. The highest BCUT2D eigenvalue weighted by Crippen LogP contribution is 2.16. The lowest BCUT2D eigenvalue weighted by molar-refractivity contribution is 0.739. The van der Waals surface area contributed by atoms with E-state index in [1.165, 1.54) is 0 Å². The molecule has 0 aliphatic carbocycles. The second kappa shape index (κ2) is 3.70. The molecule has 0 bridgehead atoms. The van der Waals surface area contributed by atoms with Gasteiger partial charge in [-0.15, -0.1) is 0 Å². The Labute approximate surface area is 83.6 Å². The smallest absolute Gasteiger partial charge is 0.0942 e. The van der Waals surface area contributed by atoms with Crippen molar-refractivity contribution in [3.63, 3.8) is 0 Å². The highest BCUT2D eigenvalue weighted by molar-refractivity contribution is 6.09. The summed E-state index contributed by atoms with van der Waals surface area (Å²) in [6.45, 7) is 4.96. The van der Waals surface area contributed by atoms with Crippen molar-refractivity contribution < 1.29 is 0 Å². The minimum atomic E-state index is 0.498. The van der Waals surface area contributed by atoms with Crippen LogP contribution in [-0.2, 0) is 0 Å². The number of aryl methyl sites for hydroxylation is 1. The van der Waals surface area contributed by atoms with E-state index in [0.717, 1.165) is 23.5 Å². The van der Waals surface area contributed by atoms with Gasteiger partial charge < -0.3 is 0 Å². The van der Waals surface area contributed by atoms with Crippen LogP contribution in [0, 0.1) is 12.8 Å². The summed E-state index contributed by atoms with van der Waals surface area (Å²) < 4.78 is 0. The molecular formula is C11H13N3. The number of aromatic nitrogens is 2. The molecule has 0 fully saturated rings. The summed E-state index contributed by atoms with van der Waals surface area (Å²) in [6, 6.07) is 3.95. The number of dihydropyridines is 1. The van der Waals surface area contributed by atoms with Gasteiger partial charge in [0, 0.05) is 18.3 Å². The normalized spacial score (nSPS) is 20.7. The van der Waals surface area contributed by atoms with Gasteiger partial charge in [-0.05, 0) is 25.0 Å². The van der Waals surface area contributed by atoms with E-state index < -0.39 is 0 Å². The zero-order valence-electron chi connectivity index (χ0n) is 8.44. The summed E-state index contributed by atoms with van der Waals surface area (Å²) in [5, 5.41) is 8.15. The predicted molar refractivity (Wildman–Crippen MR) is 57.3 cm³/mol. The molecule has 3 heteroatoms. The van der Waals surface area contributed by atoms with Gasteiger partial charge in [-0.25, -0.2) is 0 Å². The highest BCUT2D eigenvalue weighted by Gasteiger charge is 2.08. The number of allylic oxidation sites excluding steroid dienone is 1. The van der Waals surface area contributed by atoms with Gasteiger partial charge in [-0.1, -0.05) is 13.0 Å². The molecule has 1 aromatic rings. The number of rotatable bonds is 1. The highest BCUT2D eigenvalue weighted by atomic mass is 15.1. The molecule has 0 spiro atoms. The molecule has 0 radical (unpaired) electrons. The summed E-state index contributed by atoms with van der Waals surface area (Å²) in [5.74, 6) is 0.498. The van der Waals surface area contributed by atoms with Crippen LogP contribution in [0.4, 0.5) is 0 Å². The number of hydrogen-bond donors (Lipinski definition) is 0. The quantitative estimate of drug-likeness (QED) is 0.673. The molecule has 72 valence electrons. The van der Waals surface area contributed by atoms with Gasteiger partial charge in [0.05, 0.1) is 11.4 Å². The van der Waals surface area contributed by atoms with Gasteiger partial charge >= 0.3 is 0 Å². The van der Waals surface area contributed by atoms with E-state index in [1.807, 2.05) is 25.3 Å². The Morgan fingerprint density at radius 1 is 1.29 bits per heavy atom. The van der Waals surface area contributed by atoms with E-state index in [1.54, 1.807) is 0 Å². The Morgan fingerprint density at radius 2 is 2.14 bits per heavy atom. The van der Waals surface area contributed by atoms with Gasteiger partial charge in [0.2, 0.25) is 0 Å². The molecule has 2 rings (SSSR count). The third-order valence-electron chi connectivity index (χ3n) is 2.18. The Bertz CT molecular complexity index is 376. The van der Waals surface area contributed by atoms with Crippen LogP contribution in [0.15, 0.2) is 23.2 Å². The molecular weight excluding hydrogens is 174 g/mol. The maximum absolute atomic E-state index is 4.28. The Kier molecular flexibility index (Phi) is 2.39. The largest absolute Gasteiger partial charge is 0.292 e. The van der Waals surface area contributed by atoms with E-state index in [4.69, 9.17) is 0 Å². The van der Waals surface area contributed by atoms with Crippen LogP contribution in [0.3, 0.4) is 0 Å². The predicted octanol–water partition coefficient (Wildman–Crippen LogP) is 1.89. The second-order valence-corrected chi connectivity index (χ2v) is 3.65. The zero-order chi connectivity index (χ0) is 9.97. The maximum atomic E-state index is 4.28. The molecule has 0 aromatic carbocycles. The molecule has 1 atom stereocenters. The molecule has 0 amide bonds. The number of hydrogen-bond acceptors (Lipinski definition) is 3. The lowest BCUT2D eigenvalue weighted by Crippen LogP contribution is -2.05. The molecule has 0 saturated carbocycles. The molecule has 1 aliphatic rings. The van der Waals surface area contributed by atoms with Crippen molar-refractivity contribution in [1.82, 2.24) is 10.2 Å². The van der Waals surface area contributed by atoms with E-state index in [2.05, 4.69) is 28.2 Å². The maximum Gasteiger partial charge on any atom is 0.0942 e. The number of nitrogens with zero attached hydrogens (tertiary/aromatic N) is 3. The zero-order valence-corrected chi connectivity index (χ0v) is 8.44. The summed E-state index contributed by atoms with van der Waals surface area (Å²) in [6.07, 6.45) is 4.06. The molecule has 3 nitrogen and oxygen atoms in total. The monoisotopic (exact) mass is 187 g/mol. The average molecular weight is 187 g/mol. The molecule has 0 saturated heterocycles. The Morgan fingerprint density at radius 3 is 2.79 bits per heavy atom. The fraction of sp³-hybridized carbons (Fsp3) is 0.364. The topological polar surface area (TPSA) is 38.1 Å². The molecule has 2 heterocycles. The van der Waals surface area contributed by atoms with Crippen LogP contribution in [-0.4, -0.2) is 23.0 Å². The fourth-order valence-electron chi connectivity index (χ4n) is 1.42. The van der Waals surface area contributed by atoms with Crippen LogP contribution in [0.25, 0.3) is 5.57 Å². The third-order valence-corrected chi connectivity index (χ3v) is 2.18. The lowest BCUT2D eigenvalue weighted by atomic mass is 10.0. The lowest BCUT2D eigenvalue weighted by Gasteiger charge is -2.10. The minimum absolute atomic E-state index is 0.498. The average Bonchev–Trinajstić information content (AvgIpc) is 2.19. The van der Waals surface area contributed by atoms with E-state index in [9.17, 15) is 0 Å². The van der Waals surface area contributed by atoms with Crippen LogP contribution in [0.5, 0.6) is 0 Å². The summed E-state index contributed by atoms with van der Waals surface area (Å²) in [5.41, 5.74) is 2.93. The van der Waals surface area contributed by atoms with Crippen molar-refractivity contribution in [2.45, 2.75) is 13.8 Å². The summed E-state index contributed by atoms with van der Waals surface area (Å²) in [7, 11) is 0. The number of aliphatic imine (C=N–C) groups is 1. The van der Waals surface area contributed by atoms with Crippen molar-refractivity contribution >= 4 is 11.8 Å². The van der Waals surface area contributed by atoms with Crippen LogP contribution < -0.4 is 0 Å². The van der Waals surface area contributed by atoms with Gasteiger partial charge in [0.15, 0.2) is 0 Å². The van der Waals surface area contributed by atoms with Gasteiger partial charge in [-0.2, -0.15) is 10.2 Å². The van der Waals surface area contributed by atoms with Crippen LogP contribution in [0.1, 0.15) is 18.3 Å². The van der Waals surface area contributed by atoms with E-state index >= 15 is 0 Å². The first-order chi connectivity index (χ1) is 6.75. The molecule has 14 heavy (non-hydrogen) atoms. The fourth-order valence-corrected chi connectivity index (χ4v) is 1.42. The second-order valence-electron chi connectivity index (χ2n) is 3.65. The van der Waals surface area contributed by atoms with Crippen molar-refractivity contribution in [2.24, 2.45) is 10.9 Å². The van der Waals surface area contributed by atoms with Gasteiger partial charge in [0.1, 0.15) is 0 Å². The molecule has 1 unspecified atom stereocenters. The van der Waals surface area contributed by atoms with E-state index in [-0.39, 0.29) is 0 Å². The third kappa shape index (κ3) is 1.87. The first-order valence-corrected chi connectivity index (χ1v) is 4.78. The first-order valence-electron chi connectivity index (χ1n) is 4.78. The SMILES string of the molecule is Cc1ccc(C2=CC(C)CN=C2)nn1. The summed E-state index contributed by atoms with van der Waals surface area (Å²) >= 11 is 0.